The Balaban J connectivity index is 1.69. The normalized spacial score (nSPS) is 14.4. The first-order valence-corrected chi connectivity index (χ1v) is 9.52. The Labute approximate surface area is 145 Å². The van der Waals surface area contributed by atoms with Gasteiger partial charge in [-0.05, 0) is 73.9 Å². The van der Waals surface area contributed by atoms with Crippen molar-refractivity contribution in [3.8, 4) is 11.3 Å². The Morgan fingerprint density at radius 2 is 1.83 bits per heavy atom. The lowest BCUT2D eigenvalue weighted by atomic mass is 9.90. The SMILES string of the molecule is Cc1ccc2sc3nc(-c4ccc5c(c4)CCCC5)cn3c2c1C. The van der Waals surface area contributed by atoms with Crippen molar-refractivity contribution in [2.45, 2.75) is 39.5 Å². The molecule has 0 radical (unpaired) electrons. The second-order valence-corrected chi connectivity index (χ2v) is 7.93. The third-order valence-corrected chi connectivity index (χ3v) is 6.44. The van der Waals surface area contributed by atoms with Crippen LogP contribution in [-0.4, -0.2) is 9.38 Å². The third kappa shape index (κ3) is 2.04. The predicted octanol–water partition coefficient (Wildman–Crippen LogP) is 5.71. The summed E-state index contributed by atoms with van der Waals surface area (Å²) in [4.78, 5) is 6.01. The van der Waals surface area contributed by atoms with Crippen molar-refractivity contribution in [3.05, 3.63) is 58.8 Å². The smallest absolute Gasteiger partial charge is 0.195 e. The van der Waals surface area contributed by atoms with E-state index >= 15 is 0 Å². The summed E-state index contributed by atoms with van der Waals surface area (Å²) in [5, 5.41) is 0. The molecular weight excluding hydrogens is 312 g/mol. The highest BCUT2D eigenvalue weighted by molar-refractivity contribution is 7.23. The first-order valence-electron chi connectivity index (χ1n) is 8.71. The molecule has 0 saturated heterocycles. The van der Waals surface area contributed by atoms with Crippen LogP contribution < -0.4 is 0 Å². The summed E-state index contributed by atoms with van der Waals surface area (Å²) in [6.45, 7) is 4.39. The summed E-state index contributed by atoms with van der Waals surface area (Å²) in [7, 11) is 0. The van der Waals surface area contributed by atoms with Gasteiger partial charge in [0.05, 0.1) is 15.9 Å². The Morgan fingerprint density at radius 3 is 2.71 bits per heavy atom. The van der Waals surface area contributed by atoms with Crippen molar-refractivity contribution in [2.24, 2.45) is 0 Å². The number of aryl methyl sites for hydroxylation is 4. The van der Waals surface area contributed by atoms with Crippen LogP contribution in [-0.2, 0) is 12.8 Å². The highest BCUT2D eigenvalue weighted by Crippen LogP contribution is 2.33. The zero-order valence-electron chi connectivity index (χ0n) is 14.1. The van der Waals surface area contributed by atoms with Crippen LogP contribution >= 0.6 is 11.3 Å². The first-order chi connectivity index (χ1) is 11.7. The van der Waals surface area contributed by atoms with Gasteiger partial charge >= 0.3 is 0 Å². The van der Waals surface area contributed by atoms with E-state index in [1.165, 1.54) is 63.7 Å². The lowest BCUT2D eigenvalue weighted by Gasteiger charge is -2.15. The summed E-state index contributed by atoms with van der Waals surface area (Å²) in [5.41, 5.74) is 9.41. The summed E-state index contributed by atoms with van der Waals surface area (Å²) >= 11 is 1.78. The fraction of sp³-hybridized carbons (Fsp3) is 0.286. The average molecular weight is 332 g/mol. The Hall–Kier alpha value is -2.13. The van der Waals surface area contributed by atoms with Crippen LogP contribution in [0.15, 0.2) is 36.5 Å². The molecule has 0 spiro atoms. The minimum atomic E-state index is 1.09. The van der Waals surface area contributed by atoms with E-state index in [1.807, 2.05) is 0 Å². The molecule has 0 amide bonds. The van der Waals surface area contributed by atoms with Crippen molar-refractivity contribution in [3.63, 3.8) is 0 Å². The van der Waals surface area contributed by atoms with E-state index in [9.17, 15) is 0 Å². The quantitative estimate of drug-likeness (QED) is 0.436. The molecule has 0 N–H and O–H groups in total. The molecule has 0 bridgehead atoms. The minimum Gasteiger partial charge on any atom is -0.289 e. The van der Waals surface area contributed by atoms with Crippen LogP contribution in [0, 0.1) is 13.8 Å². The topological polar surface area (TPSA) is 17.3 Å². The molecule has 2 nitrogen and oxygen atoms in total. The highest BCUT2D eigenvalue weighted by atomic mass is 32.1. The number of fused-ring (bicyclic) bond motifs is 4. The number of hydrogen-bond donors (Lipinski definition) is 0. The van der Waals surface area contributed by atoms with E-state index in [-0.39, 0.29) is 0 Å². The monoisotopic (exact) mass is 332 g/mol. The van der Waals surface area contributed by atoms with E-state index in [4.69, 9.17) is 4.98 Å². The minimum absolute atomic E-state index is 1.09. The van der Waals surface area contributed by atoms with Gasteiger partial charge in [0.1, 0.15) is 0 Å². The third-order valence-electron chi connectivity index (χ3n) is 5.42. The maximum absolute atomic E-state index is 4.92. The molecule has 1 aliphatic rings. The van der Waals surface area contributed by atoms with Gasteiger partial charge in [-0.25, -0.2) is 4.98 Å². The fourth-order valence-corrected chi connectivity index (χ4v) is 4.95. The molecule has 2 heterocycles. The molecule has 2 aromatic heterocycles. The zero-order chi connectivity index (χ0) is 16.3. The van der Waals surface area contributed by atoms with E-state index in [0.717, 1.165) is 10.7 Å². The number of thiazole rings is 1. The standard InChI is InChI=1S/C21H20N2S/c1-13-7-10-19-20(14(13)2)23-12-18(22-21(23)24-19)17-9-8-15-5-3-4-6-16(15)11-17/h7-12H,3-6H2,1-2H3. The van der Waals surface area contributed by atoms with Gasteiger partial charge < -0.3 is 0 Å². The molecule has 3 heteroatoms. The van der Waals surface area contributed by atoms with Gasteiger partial charge in [0.25, 0.3) is 0 Å². The molecule has 2 aromatic carbocycles. The molecule has 120 valence electrons. The largest absolute Gasteiger partial charge is 0.289 e. The summed E-state index contributed by atoms with van der Waals surface area (Å²) in [5.74, 6) is 0. The lowest BCUT2D eigenvalue weighted by molar-refractivity contribution is 0.686. The first kappa shape index (κ1) is 14.2. The highest BCUT2D eigenvalue weighted by Gasteiger charge is 2.15. The number of nitrogens with zero attached hydrogens (tertiary/aromatic N) is 2. The van der Waals surface area contributed by atoms with Crippen molar-refractivity contribution in [2.75, 3.05) is 0 Å². The van der Waals surface area contributed by atoms with Crippen LogP contribution in [0.3, 0.4) is 0 Å². The molecule has 0 unspecified atom stereocenters. The molecule has 0 saturated carbocycles. The summed E-state index contributed by atoms with van der Waals surface area (Å²) in [6.07, 6.45) is 7.31. The molecule has 0 aliphatic heterocycles. The van der Waals surface area contributed by atoms with Gasteiger partial charge in [0, 0.05) is 11.8 Å². The van der Waals surface area contributed by atoms with Crippen molar-refractivity contribution in [1.82, 2.24) is 9.38 Å². The van der Waals surface area contributed by atoms with E-state index < -0.39 is 0 Å². The second-order valence-electron chi connectivity index (χ2n) is 6.93. The number of rotatable bonds is 1. The van der Waals surface area contributed by atoms with Gasteiger partial charge in [0.15, 0.2) is 4.96 Å². The number of imidazole rings is 1. The maximum atomic E-state index is 4.92. The Bertz CT molecular complexity index is 1080. The molecule has 1 aliphatic carbocycles. The van der Waals surface area contributed by atoms with Gasteiger partial charge in [-0.1, -0.05) is 29.5 Å². The number of hydrogen-bond acceptors (Lipinski definition) is 2. The van der Waals surface area contributed by atoms with Crippen molar-refractivity contribution >= 4 is 26.5 Å². The van der Waals surface area contributed by atoms with Crippen LogP contribution in [0.4, 0.5) is 0 Å². The van der Waals surface area contributed by atoms with E-state index in [1.54, 1.807) is 11.3 Å². The lowest BCUT2D eigenvalue weighted by Crippen LogP contribution is -2.02. The summed E-state index contributed by atoms with van der Waals surface area (Å²) < 4.78 is 3.59. The molecule has 0 fully saturated rings. The summed E-state index contributed by atoms with van der Waals surface area (Å²) in [6, 6.07) is 11.3. The van der Waals surface area contributed by atoms with Crippen molar-refractivity contribution in [1.29, 1.82) is 0 Å². The van der Waals surface area contributed by atoms with Gasteiger partial charge in [-0.2, -0.15) is 0 Å². The Kier molecular flexibility index (Phi) is 3.07. The van der Waals surface area contributed by atoms with E-state index in [2.05, 4.69) is 54.8 Å². The molecular formula is C21H20N2S. The maximum Gasteiger partial charge on any atom is 0.195 e. The second kappa shape index (κ2) is 5.18. The molecule has 24 heavy (non-hydrogen) atoms. The van der Waals surface area contributed by atoms with Crippen LogP contribution in [0.5, 0.6) is 0 Å². The predicted molar refractivity (Wildman–Crippen MR) is 102 cm³/mol. The van der Waals surface area contributed by atoms with E-state index in [0.29, 0.717) is 0 Å². The van der Waals surface area contributed by atoms with Crippen LogP contribution in [0.25, 0.3) is 26.4 Å². The van der Waals surface area contributed by atoms with Gasteiger partial charge in [-0.15, -0.1) is 0 Å². The molecule has 5 rings (SSSR count). The molecule has 4 aromatic rings. The molecule has 0 atom stereocenters. The van der Waals surface area contributed by atoms with Crippen LogP contribution in [0.2, 0.25) is 0 Å². The number of benzene rings is 2. The number of aromatic nitrogens is 2. The van der Waals surface area contributed by atoms with Gasteiger partial charge in [-0.3, -0.25) is 4.40 Å². The average Bonchev–Trinajstić information content (AvgIpc) is 3.15. The fourth-order valence-electron chi connectivity index (χ4n) is 3.88. The zero-order valence-corrected chi connectivity index (χ0v) is 14.9. The van der Waals surface area contributed by atoms with Crippen molar-refractivity contribution < 1.29 is 0 Å². The Morgan fingerprint density at radius 1 is 1.00 bits per heavy atom. The van der Waals surface area contributed by atoms with Gasteiger partial charge in [0.2, 0.25) is 0 Å². The van der Waals surface area contributed by atoms with Crippen LogP contribution in [0.1, 0.15) is 35.1 Å².